The molecule has 0 spiro atoms. The highest BCUT2D eigenvalue weighted by molar-refractivity contribution is 5.97. The zero-order valence-corrected chi connectivity index (χ0v) is 19.6. The van der Waals surface area contributed by atoms with Crippen LogP contribution in [0.25, 0.3) is 22.2 Å². The van der Waals surface area contributed by atoms with Gasteiger partial charge in [0, 0.05) is 55.6 Å². The maximum Gasteiger partial charge on any atom is 0.294 e. The molecule has 0 bridgehead atoms. The van der Waals surface area contributed by atoms with E-state index in [9.17, 15) is 15.2 Å². The fourth-order valence-electron chi connectivity index (χ4n) is 4.70. The largest absolute Gasteiger partial charge is 0.494 e. The summed E-state index contributed by atoms with van der Waals surface area (Å²) in [6.45, 7) is 1.09. The molecule has 2 aromatic heterocycles. The molecule has 10 nitrogen and oxygen atoms in total. The van der Waals surface area contributed by atoms with Gasteiger partial charge in [-0.05, 0) is 24.5 Å². The Labute approximate surface area is 202 Å². The number of nitro benzene ring substituents is 1. The van der Waals surface area contributed by atoms with Gasteiger partial charge in [0.2, 0.25) is 5.95 Å². The van der Waals surface area contributed by atoms with Crippen LogP contribution in [-0.2, 0) is 13.0 Å². The molecule has 0 saturated carbocycles. The third-order valence-corrected chi connectivity index (χ3v) is 6.35. The monoisotopic (exact) mass is 474 g/mol. The summed E-state index contributed by atoms with van der Waals surface area (Å²) in [5.74, 6) is 0.704. The van der Waals surface area contributed by atoms with Crippen LogP contribution in [0.1, 0.15) is 12.0 Å². The normalized spacial score (nSPS) is 12.5. The summed E-state index contributed by atoms with van der Waals surface area (Å²) in [6, 6.07) is 11.2. The lowest BCUT2D eigenvalue weighted by atomic mass is 10.0. The number of nitrogens with zero attached hydrogens (tertiary/aromatic N) is 5. The van der Waals surface area contributed by atoms with Crippen molar-refractivity contribution in [2.75, 3.05) is 37.5 Å². The number of aryl methyl sites for hydroxylation is 2. The van der Waals surface area contributed by atoms with Crippen LogP contribution in [0.15, 0.2) is 48.8 Å². The van der Waals surface area contributed by atoms with E-state index >= 15 is 0 Å². The number of aromatic nitrogens is 3. The molecule has 0 fully saturated rings. The lowest BCUT2D eigenvalue weighted by molar-refractivity contribution is -0.384. The number of nitro groups is 1. The Morgan fingerprint density at radius 2 is 2.17 bits per heavy atom. The Morgan fingerprint density at radius 1 is 1.31 bits per heavy atom. The topological polar surface area (TPSA) is 119 Å². The van der Waals surface area contributed by atoms with Crippen molar-refractivity contribution in [2.24, 2.45) is 0 Å². The molecule has 2 aromatic carbocycles. The van der Waals surface area contributed by atoms with E-state index in [1.165, 1.54) is 24.3 Å². The van der Waals surface area contributed by atoms with Crippen LogP contribution in [0.4, 0.5) is 23.0 Å². The number of ether oxygens (including phenoxy) is 1. The maximum absolute atomic E-state index is 11.8. The van der Waals surface area contributed by atoms with Gasteiger partial charge in [-0.15, -0.1) is 0 Å². The molecule has 0 saturated heterocycles. The fourth-order valence-corrected chi connectivity index (χ4v) is 4.70. The fraction of sp³-hybridized carbons (Fsp3) is 0.280. The molecule has 5 rings (SSSR count). The Hall–Kier alpha value is -4.18. The number of para-hydroxylation sites is 1. The number of rotatable bonds is 8. The second-order valence-corrected chi connectivity index (χ2v) is 8.49. The smallest absolute Gasteiger partial charge is 0.294 e. The second kappa shape index (κ2) is 9.22. The Kier molecular flexibility index (Phi) is 5.96. The van der Waals surface area contributed by atoms with Gasteiger partial charge in [-0.2, -0.15) is 0 Å². The Bertz CT molecular complexity index is 1420. The first-order valence-electron chi connectivity index (χ1n) is 11.4. The minimum atomic E-state index is -0.459. The van der Waals surface area contributed by atoms with Gasteiger partial charge in [-0.1, -0.05) is 18.2 Å². The first kappa shape index (κ1) is 22.6. The number of aliphatic hydroxyl groups excluding tert-OH is 1. The van der Waals surface area contributed by atoms with E-state index in [1.807, 2.05) is 6.07 Å². The summed E-state index contributed by atoms with van der Waals surface area (Å²) in [7, 11) is 3.17. The minimum absolute atomic E-state index is 0.116. The van der Waals surface area contributed by atoms with Crippen LogP contribution >= 0.6 is 0 Å². The predicted molar refractivity (Wildman–Crippen MR) is 135 cm³/mol. The van der Waals surface area contributed by atoms with E-state index in [4.69, 9.17) is 9.72 Å². The van der Waals surface area contributed by atoms with Crippen LogP contribution in [0.2, 0.25) is 0 Å². The number of aliphatic hydroxyl groups is 1. The Balaban J connectivity index is 1.53. The van der Waals surface area contributed by atoms with Gasteiger partial charge in [0.1, 0.15) is 11.4 Å². The molecule has 0 radical (unpaired) electrons. The summed E-state index contributed by atoms with van der Waals surface area (Å²) in [5.41, 5.74) is 4.98. The SMILES string of the molecule is COc1cc(N(C)CCO)c([N+](=O)[O-])cc1Nc1nccc(-c2cn3c4c(cccc24)CCC3)n1. The number of likely N-dealkylation sites (N-methyl/N-ethyl adjacent to an activating group) is 1. The molecular weight excluding hydrogens is 448 g/mol. The van der Waals surface area contributed by atoms with Crippen LogP contribution in [-0.4, -0.2) is 51.9 Å². The summed E-state index contributed by atoms with van der Waals surface area (Å²) in [5, 5.41) is 25.3. The average Bonchev–Trinajstić information content (AvgIpc) is 3.25. The summed E-state index contributed by atoms with van der Waals surface area (Å²) >= 11 is 0. The molecule has 180 valence electrons. The lowest BCUT2D eigenvalue weighted by Gasteiger charge is -2.20. The van der Waals surface area contributed by atoms with Crippen molar-refractivity contribution in [1.29, 1.82) is 0 Å². The molecule has 1 aliphatic heterocycles. The van der Waals surface area contributed by atoms with Crippen molar-refractivity contribution in [1.82, 2.24) is 14.5 Å². The number of anilines is 3. The van der Waals surface area contributed by atoms with Crippen molar-refractivity contribution >= 4 is 33.9 Å². The standard InChI is InChI=1S/C25H26N6O4/c1-29(11-12-32)21-14-23(35-2)20(13-22(21)31(33)34)28-25-26-9-8-19(27-25)18-15-30-10-4-6-16-5-3-7-17(18)24(16)30/h3,5,7-9,13-15,32H,4,6,10-12H2,1-2H3,(H,26,27,28). The average molecular weight is 475 g/mol. The third kappa shape index (κ3) is 4.12. The van der Waals surface area contributed by atoms with E-state index in [-0.39, 0.29) is 18.8 Å². The highest BCUT2D eigenvalue weighted by Gasteiger charge is 2.23. The molecular formula is C25H26N6O4. The van der Waals surface area contributed by atoms with Gasteiger partial charge in [0.25, 0.3) is 5.69 Å². The zero-order chi connectivity index (χ0) is 24.5. The molecule has 3 heterocycles. The number of methoxy groups -OCH3 is 1. The van der Waals surface area contributed by atoms with Crippen LogP contribution < -0.4 is 15.0 Å². The molecule has 1 aliphatic rings. The predicted octanol–water partition coefficient (Wildman–Crippen LogP) is 4.13. The van der Waals surface area contributed by atoms with Crippen molar-refractivity contribution in [2.45, 2.75) is 19.4 Å². The first-order chi connectivity index (χ1) is 17.0. The number of benzene rings is 2. The van der Waals surface area contributed by atoms with Gasteiger partial charge < -0.3 is 24.6 Å². The highest BCUT2D eigenvalue weighted by Crippen LogP contribution is 2.39. The van der Waals surface area contributed by atoms with Crippen LogP contribution in [0.5, 0.6) is 5.75 Å². The van der Waals surface area contributed by atoms with Crippen LogP contribution in [0, 0.1) is 10.1 Å². The van der Waals surface area contributed by atoms with E-state index in [1.54, 1.807) is 24.2 Å². The first-order valence-corrected chi connectivity index (χ1v) is 11.4. The van der Waals surface area contributed by atoms with Crippen molar-refractivity contribution < 1.29 is 14.8 Å². The lowest BCUT2D eigenvalue weighted by Crippen LogP contribution is -2.22. The second-order valence-electron chi connectivity index (χ2n) is 8.49. The van der Waals surface area contributed by atoms with E-state index in [0.29, 0.717) is 23.1 Å². The van der Waals surface area contributed by atoms with Gasteiger partial charge >= 0.3 is 0 Å². The summed E-state index contributed by atoms with van der Waals surface area (Å²) in [6.07, 6.45) is 5.98. The zero-order valence-electron chi connectivity index (χ0n) is 19.6. The molecule has 10 heteroatoms. The van der Waals surface area contributed by atoms with Crippen molar-refractivity contribution in [3.05, 3.63) is 64.5 Å². The quantitative estimate of drug-likeness (QED) is 0.289. The molecule has 4 aromatic rings. The van der Waals surface area contributed by atoms with Gasteiger partial charge in [-0.25, -0.2) is 9.97 Å². The molecule has 2 N–H and O–H groups in total. The number of hydrogen-bond donors (Lipinski definition) is 2. The van der Waals surface area contributed by atoms with Gasteiger partial charge in [0.05, 0.1) is 35.5 Å². The minimum Gasteiger partial charge on any atom is -0.494 e. The molecule has 0 amide bonds. The summed E-state index contributed by atoms with van der Waals surface area (Å²) < 4.78 is 7.78. The Morgan fingerprint density at radius 3 is 2.94 bits per heavy atom. The van der Waals surface area contributed by atoms with Gasteiger partial charge in [-0.3, -0.25) is 10.1 Å². The number of nitrogens with one attached hydrogen (secondary N) is 1. The highest BCUT2D eigenvalue weighted by atomic mass is 16.6. The van der Waals surface area contributed by atoms with E-state index in [2.05, 4.69) is 39.3 Å². The van der Waals surface area contributed by atoms with E-state index in [0.717, 1.165) is 36.0 Å². The number of hydrogen-bond acceptors (Lipinski definition) is 8. The van der Waals surface area contributed by atoms with E-state index < -0.39 is 4.92 Å². The molecule has 0 atom stereocenters. The molecule has 0 unspecified atom stereocenters. The summed E-state index contributed by atoms with van der Waals surface area (Å²) in [4.78, 5) is 22.0. The third-order valence-electron chi connectivity index (χ3n) is 6.35. The van der Waals surface area contributed by atoms with Gasteiger partial charge in [0.15, 0.2) is 0 Å². The maximum atomic E-state index is 11.8. The molecule has 35 heavy (non-hydrogen) atoms. The van der Waals surface area contributed by atoms with Crippen molar-refractivity contribution in [3.63, 3.8) is 0 Å². The van der Waals surface area contributed by atoms with Crippen molar-refractivity contribution in [3.8, 4) is 17.0 Å². The van der Waals surface area contributed by atoms with Crippen LogP contribution in [0.3, 0.4) is 0 Å². The molecule has 0 aliphatic carbocycles.